The Morgan fingerprint density at radius 2 is 0.667 bits per heavy atom. The summed E-state index contributed by atoms with van der Waals surface area (Å²) in [7, 11) is 0. The maximum atomic E-state index is 13.4. The van der Waals surface area contributed by atoms with Crippen LogP contribution in [0.4, 0.5) is 26.3 Å². The Hall–Kier alpha value is -17.4. The van der Waals surface area contributed by atoms with Crippen LogP contribution in [0.2, 0.25) is 0 Å². The maximum Gasteiger partial charge on any atom is 0.287 e. The summed E-state index contributed by atoms with van der Waals surface area (Å²) in [6.45, 7) is 5.40. The number of ether oxygens (including phenoxy) is 6. The second-order valence-electron chi connectivity index (χ2n) is 31.4. The van der Waals surface area contributed by atoms with Gasteiger partial charge in [0.15, 0.2) is 46.3 Å². The van der Waals surface area contributed by atoms with E-state index >= 15 is 0 Å². The first-order chi connectivity index (χ1) is 68.2. The molecule has 27 nitrogen and oxygen atoms in total. The van der Waals surface area contributed by atoms with E-state index < -0.39 is 23.5 Å². The number of hydrogen-bond donors (Lipinski definition) is 0. The summed E-state index contributed by atoms with van der Waals surface area (Å²) in [5.41, 5.74) is 5.64. The van der Waals surface area contributed by atoms with Crippen LogP contribution in [0.1, 0.15) is 152 Å². The Balaban J connectivity index is 0.000000143. The van der Waals surface area contributed by atoms with Gasteiger partial charge in [0.05, 0.1) is 50.0 Å². The summed E-state index contributed by atoms with van der Waals surface area (Å²) in [4.78, 5) is 134. The van der Waals surface area contributed by atoms with E-state index in [4.69, 9.17) is 28.4 Å². The van der Waals surface area contributed by atoms with E-state index in [1.54, 1.807) is 227 Å². The lowest BCUT2D eigenvalue weighted by Gasteiger charge is -2.24. The van der Waals surface area contributed by atoms with E-state index in [0.717, 1.165) is 72.8 Å². The zero-order valence-corrected chi connectivity index (χ0v) is 76.9. The molecule has 2 aromatic carbocycles. The lowest BCUT2D eigenvalue weighted by atomic mass is 9.81. The van der Waals surface area contributed by atoms with Crippen LogP contribution in [0.5, 0.6) is 69.0 Å². The number of alkyl halides is 4. The molecule has 141 heavy (non-hydrogen) atoms. The van der Waals surface area contributed by atoms with Gasteiger partial charge in [-0.2, -0.15) is 8.78 Å². The van der Waals surface area contributed by atoms with E-state index in [9.17, 15) is 55.1 Å². The van der Waals surface area contributed by atoms with Gasteiger partial charge >= 0.3 is 0 Å². The van der Waals surface area contributed by atoms with Crippen LogP contribution in [0, 0.1) is 31.4 Å². The number of nitrogens with zero attached hydrogens (tertiary/aromatic N) is 15. The Morgan fingerprint density at radius 3 is 0.993 bits per heavy atom. The number of thiazole rings is 1. The Bertz CT molecular complexity index is 6910. The molecule has 15 aromatic heterocycles. The van der Waals surface area contributed by atoms with Gasteiger partial charge in [-0.1, -0.05) is 49.6 Å². The number of halogens is 6. The van der Waals surface area contributed by atoms with E-state index in [-0.39, 0.29) is 95.1 Å². The summed E-state index contributed by atoms with van der Waals surface area (Å²) in [6, 6.07) is 59.3. The minimum absolute atomic E-state index is 0.0206. The average Bonchev–Trinajstić information content (AvgIpc) is 1.82. The fourth-order valence-electron chi connectivity index (χ4n) is 13.0. The number of rotatable bonds is 32. The van der Waals surface area contributed by atoms with Gasteiger partial charge in [-0.05, 0) is 188 Å². The lowest BCUT2D eigenvalue weighted by molar-refractivity contribution is 0.0131. The first kappa shape index (κ1) is 101. The SMILES string of the molecule is CC(F)(F)c1cccc(CC(=O)c2cc(Oc3cccnc3)ccn2)c1.CC(F)(F)c1csc(CC(=O)c2cc(Oc3cccnc3)ccn2)n1.Cc1cc(CC(=O)c2cc(Oc3cccnc3)ccn2)ccn1.Cc1cccc(CC(=O)c2cc(Oc3cccnc3)ccn2)n1.O=C(CC1CCC1)c1cc(Oc2cccnc2)ccn1.O=C(Cc1ccc(F)c(F)c1)c1cc(Oc2cccnc2)ccn1. The van der Waals surface area contributed by atoms with E-state index in [2.05, 4.69) is 74.8 Å². The molecule has 34 heteroatoms. The molecule has 0 saturated heterocycles. The molecule has 0 radical (unpaired) electrons. The smallest absolute Gasteiger partial charge is 0.287 e. The van der Waals surface area contributed by atoms with Crippen molar-refractivity contribution in [2.45, 2.75) is 97.3 Å². The van der Waals surface area contributed by atoms with Crippen LogP contribution in [-0.2, 0) is 43.9 Å². The Kier molecular flexibility index (Phi) is 36.1. The van der Waals surface area contributed by atoms with Crippen molar-refractivity contribution in [3.63, 3.8) is 0 Å². The van der Waals surface area contributed by atoms with Crippen LogP contribution >= 0.6 is 11.3 Å². The van der Waals surface area contributed by atoms with Gasteiger partial charge in [0, 0.05) is 185 Å². The first-order valence-electron chi connectivity index (χ1n) is 43.7. The summed E-state index contributed by atoms with van der Waals surface area (Å²) in [5, 5.41) is 1.58. The molecule has 15 heterocycles. The predicted molar refractivity (Wildman–Crippen MR) is 510 cm³/mol. The van der Waals surface area contributed by atoms with Gasteiger partial charge < -0.3 is 28.4 Å². The number of pyridine rings is 14. The number of aryl methyl sites for hydroxylation is 2. The number of benzene rings is 2. The van der Waals surface area contributed by atoms with Crippen LogP contribution in [0.25, 0.3) is 0 Å². The summed E-state index contributed by atoms with van der Waals surface area (Å²) < 4.78 is 113. The molecule has 18 rings (SSSR count). The second-order valence-corrected chi connectivity index (χ2v) is 32.3. The summed E-state index contributed by atoms with van der Waals surface area (Å²) >= 11 is 1.03. The number of ketones is 6. The zero-order chi connectivity index (χ0) is 99.3. The molecular formula is C107H87F6N15O12S. The minimum atomic E-state index is -3.02. The molecule has 1 saturated carbocycles. The summed E-state index contributed by atoms with van der Waals surface area (Å²) in [5.74, 6) is -1.82. The van der Waals surface area contributed by atoms with Gasteiger partial charge in [-0.3, -0.25) is 98.5 Å². The molecule has 17 aromatic rings. The van der Waals surface area contributed by atoms with Crippen LogP contribution in [0.15, 0.2) is 342 Å². The topological polar surface area (TPSA) is 351 Å². The highest BCUT2D eigenvalue weighted by Crippen LogP contribution is 2.35. The van der Waals surface area contributed by atoms with Crippen molar-refractivity contribution in [3.8, 4) is 69.0 Å². The van der Waals surface area contributed by atoms with Crippen molar-refractivity contribution in [2.75, 3.05) is 0 Å². The average molecular weight is 1920 g/mol. The van der Waals surface area contributed by atoms with Gasteiger partial charge in [0.25, 0.3) is 11.8 Å². The molecule has 1 aliphatic rings. The Morgan fingerprint density at radius 1 is 0.319 bits per heavy atom. The number of carbonyl (C=O) groups excluding carboxylic acids is 6. The number of Topliss-reactive ketones (excluding diaryl/α,β-unsaturated/α-hetero) is 6. The lowest BCUT2D eigenvalue weighted by Crippen LogP contribution is -2.16. The van der Waals surface area contributed by atoms with Crippen molar-refractivity contribution < 1.29 is 83.5 Å². The molecule has 0 atom stereocenters. The van der Waals surface area contributed by atoms with Crippen LogP contribution in [-0.4, -0.2) is 109 Å². The highest BCUT2D eigenvalue weighted by Gasteiger charge is 2.29. The fraction of sp³-hybridized carbons (Fsp3) is 0.150. The van der Waals surface area contributed by atoms with Crippen molar-refractivity contribution >= 4 is 46.0 Å². The quantitative estimate of drug-likeness (QED) is 0.0279. The maximum absolute atomic E-state index is 13.4. The first-order valence-corrected chi connectivity index (χ1v) is 44.6. The van der Waals surface area contributed by atoms with Crippen molar-refractivity contribution in [1.82, 2.24) is 74.8 Å². The van der Waals surface area contributed by atoms with Crippen molar-refractivity contribution in [1.29, 1.82) is 0 Å². The largest absolute Gasteiger partial charge is 0.456 e. The zero-order valence-electron chi connectivity index (χ0n) is 76.1. The molecule has 1 fully saturated rings. The molecule has 1 aliphatic carbocycles. The highest BCUT2D eigenvalue weighted by molar-refractivity contribution is 7.09. The molecule has 0 aliphatic heterocycles. The normalized spacial score (nSPS) is 11.3. The van der Waals surface area contributed by atoms with Crippen LogP contribution in [0.3, 0.4) is 0 Å². The molecule has 0 N–H and O–H groups in total. The van der Waals surface area contributed by atoms with Gasteiger partial charge in [0.1, 0.15) is 114 Å². The molecule has 0 spiro atoms. The second kappa shape index (κ2) is 50.4. The van der Waals surface area contributed by atoms with Crippen LogP contribution < -0.4 is 28.4 Å². The standard InChI is InChI=1S/C20H16F2N2O2.C18H12F2N2O2.2C18H15N3O2.C17H13F2N3O2S.C16H16N2O2/c1-20(21,22)15-5-2-4-14(10-15)11-19(25)18-12-16(7-9-24-18)26-17-6-3-8-23-13-17;19-15-4-3-12(8-16(15)20)9-18(23)17-10-13(5-7-22-17)24-14-2-1-6-21-11-14;1-13-4-2-5-14(21-13)10-18(22)17-11-15(7-9-20-17)23-16-6-3-8-19-12-16;1-13-9-14(4-7-20-13)10-18(22)17-11-15(5-8-21-17)23-16-3-2-6-19-12-16;1-17(18,19)15-10-25-16(22-15)8-14(23)13-7-11(4-6-21-13)24-12-3-2-5-20-9-12;19-16(9-12-3-1-4-12)15-10-13(6-8-18-15)20-14-5-2-7-17-11-14/h2-10,12-13H,11H2,1H3;1-8,10-11H,9H2;2*2-9,11-12H,10H2,1H3;2-7,9-10H,8H2,1H3;2,5-8,10-12H,1,3-4,9H2. The number of hydrogen-bond acceptors (Lipinski definition) is 28. The molecule has 0 bridgehead atoms. The third-order valence-electron chi connectivity index (χ3n) is 20.1. The molecule has 0 unspecified atom stereocenters. The van der Waals surface area contributed by atoms with Gasteiger partial charge in [-0.15, -0.1) is 11.3 Å². The molecular weight excluding hydrogens is 1830 g/mol. The molecule has 710 valence electrons. The van der Waals surface area contributed by atoms with E-state index in [0.29, 0.717) is 115 Å². The third kappa shape index (κ3) is 32.9. The van der Waals surface area contributed by atoms with E-state index in [1.165, 1.54) is 72.9 Å². The van der Waals surface area contributed by atoms with Crippen molar-refractivity contribution in [2.24, 2.45) is 5.92 Å². The third-order valence-corrected chi connectivity index (χ3v) is 20.9. The number of aromatic nitrogens is 15. The minimum Gasteiger partial charge on any atom is -0.456 e. The number of carbonyl (C=O) groups is 6. The monoisotopic (exact) mass is 1920 g/mol. The van der Waals surface area contributed by atoms with Crippen molar-refractivity contribution in [3.05, 3.63) is 437 Å². The van der Waals surface area contributed by atoms with Gasteiger partial charge in [-0.25, -0.2) is 22.5 Å². The summed E-state index contributed by atoms with van der Waals surface area (Å²) in [6.07, 6.45) is 34.7. The highest BCUT2D eigenvalue weighted by atomic mass is 32.1. The van der Waals surface area contributed by atoms with Gasteiger partial charge in [0.2, 0.25) is 0 Å². The Labute approximate surface area is 809 Å². The predicted octanol–water partition coefficient (Wildman–Crippen LogP) is 23.5. The van der Waals surface area contributed by atoms with E-state index in [1.807, 2.05) is 50.2 Å². The molecule has 0 amide bonds. The fourth-order valence-corrected chi connectivity index (χ4v) is 13.9.